The van der Waals surface area contributed by atoms with Gasteiger partial charge in [0.15, 0.2) is 0 Å². The zero-order chi connectivity index (χ0) is 35.9. The summed E-state index contributed by atoms with van der Waals surface area (Å²) < 4.78 is 0. The Kier molecular flexibility index (Phi) is 10.3. The Morgan fingerprint density at radius 2 is 0.596 bits per heavy atom. The van der Waals surface area contributed by atoms with Crippen molar-refractivity contribution in [2.75, 3.05) is 9.80 Å². The lowest BCUT2D eigenvalue weighted by Crippen LogP contribution is -2.13. The van der Waals surface area contributed by atoms with Gasteiger partial charge in [-0.1, -0.05) is 145 Å². The van der Waals surface area contributed by atoms with Crippen LogP contribution in [0.15, 0.2) is 170 Å². The molecule has 7 rings (SSSR count). The molecule has 0 aliphatic carbocycles. The Hall–Kier alpha value is -6.38. The van der Waals surface area contributed by atoms with Crippen molar-refractivity contribution in [2.24, 2.45) is 0 Å². The van der Waals surface area contributed by atoms with Crippen molar-refractivity contribution in [3.63, 3.8) is 0 Å². The van der Waals surface area contributed by atoms with E-state index < -0.39 is 0 Å². The van der Waals surface area contributed by atoms with E-state index in [1.165, 1.54) is 33.4 Å². The van der Waals surface area contributed by atoms with Crippen molar-refractivity contribution >= 4 is 58.4 Å². The number of anilines is 6. The first-order valence-corrected chi connectivity index (χ1v) is 17.9. The molecule has 254 valence electrons. The first-order chi connectivity index (χ1) is 25.4. The minimum absolute atomic E-state index is 1.10. The average Bonchev–Trinajstić information content (AvgIpc) is 3.17. The Balaban J connectivity index is 1.24. The molecule has 0 unspecified atom stereocenters. The number of rotatable bonds is 10. The van der Waals surface area contributed by atoms with E-state index in [0.717, 1.165) is 45.3 Å². The fourth-order valence-corrected chi connectivity index (χ4v) is 6.70. The molecule has 2 nitrogen and oxygen atoms in total. The van der Waals surface area contributed by atoms with E-state index >= 15 is 0 Å². The van der Waals surface area contributed by atoms with Gasteiger partial charge in [0.1, 0.15) is 0 Å². The number of nitrogens with zero attached hydrogens (tertiary/aromatic N) is 2. The Bertz CT molecular complexity index is 2130. The third-order valence-corrected chi connectivity index (χ3v) is 9.39. The molecule has 0 heterocycles. The van der Waals surface area contributed by atoms with Crippen LogP contribution in [-0.2, 0) is 0 Å². The molecule has 7 aromatic carbocycles. The van der Waals surface area contributed by atoms with Crippen molar-refractivity contribution in [1.82, 2.24) is 0 Å². The van der Waals surface area contributed by atoms with E-state index in [2.05, 4.69) is 220 Å². The van der Waals surface area contributed by atoms with E-state index in [4.69, 9.17) is 0 Å². The van der Waals surface area contributed by atoms with Gasteiger partial charge in [-0.3, -0.25) is 0 Å². The molecule has 7 aromatic rings. The maximum absolute atomic E-state index is 2.36. The van der Waals surface area contributed by atoms with Crippen LogP contribution in [0.2, 0.25) is 0 Å². The Labute approximate surface area is 309 Å². The lowest BCUT2D eigenvalue weighted by atomic mass is 10.1. The minimum atomic E-state index is 1.10. The number of benzene rings is 7. The number of hydrogen-bond acceptors (Lipinski definition) is 2. The second-order valence-electron chi connectivity index (χ2n) is 13.4. The first kappa shape index (κ1) is 34.1. The summed E-state index contributed by atoms with van der Waals surface area (Å²) in [4.78, 5) is 4.72. The molecule has 0 fully saturated rings. The van der Waals surface area contributed by atoms with Crippen LogP contribution in [0, 0.1) is 27.7 Å². The zero-order valence-electron chi connectivity index (χ0n) is 30.4. The number of aryl methyl sites for hydroxylation is 4. The molecule has 0 amide bonds. The van der Waals surface area contributed by atoms with Crippen LogP contribution < -0.4 is 9.80 Å². The summed E-state index contributed by atoms with van der Waals surface area (Å²) in [5.41, 5.74) is 16.4. The van der Waals surface area contributed by atoms with Gasteiger partial charge < -0.3 is 9.80 Å². The van der Waals surface area contributed by atoms with Crippen LogP contribution in [0.1, 0.15) is 44.5 Å². The summed E-state index contributed by atoms with van der Waals surface area (Å²) in [5, 5.41) is 0. The SMILES string of the molecule is Cc1ccc(N(c2ccc(/C=C/c3ccccc3)cc2)c2ccc(N(c3ccc(/C=C/c4ccccc4)cc3)c3ccc(C)cc3C)cc2)c(C)c1. The summed E-state index contributed by atoms with van der Waals surface area (Å²) in [6, 6.07) is 60.8. The molecule has 0 radical (unpaired) electrons. The zero-order valence-corrected chi connectivity index (χ0v) is 30.4. The molecule has 2 heteroatoms. The quantitative estimate of drug-likeness (QED) is 0.133. The van der Waals surface area contributed by atoms with Crippen molar-refractivity contribution in [3.05, 3.63) is 214 Å². The van der Waals surface area contributed by atoms with Gasteiger partial charge in [-0.2, -0.15) is 0 Å². The molecule has 0 spiro atoms. The van der Waals surface area contributed by atoms with E-state index in [-0.39, 0.29) is 0 Å². The van der Waals surface area contributed by atoms with Crippen molar-refractivity contribution in [3.8, 4) is 0 Å². The van der Waals surface area contributed by atoms with Gasteiger partial charge in [-0.25, -0.2) is 0 Å². The lowest BCUT2D eigenvalue weighted by Gasteiger charge is -2.30. The molecule has 0 bridgehead atoms. The Morgan fingerprint density at radius 3 is 0.904 bits per heavy atom. The van der Waals surface area contributed by atoms with Crippen molar-refractivity contribution in [1.29, 1.82) is 0 Å². The number of hydrogen-bond donors (Lipinski definition) is 0. The average molecular weight is 673 g/mol. The minimum Gasteiger partial charge on any atom is -0.310 e. The molecule has 0 aromatic heterocycles. The highest BCUT2D eigenvalue weighted by Crippen LogP contribution is 2.41. The predicted molar refractivity (Wildman–Crippen MR) is 225 cm³/mol. The molecule has 0 atom stereocenters. The van der Waals surface area contributed by atoms with E-state index in [0.29, 0.717) is 0 Å². The summed E-state index contributed by atoms with van der Waals surface area (Å²) in [6.45, 7) is 8.69. The van der Waals surface area contributed by atoms with E-state index in [9.17, 15) is 0 Å². The van der Waals surface area contributed by atoms with Gasteiger partial charge in [0.05, 0.1) is 0 Å². The monoisotopic (exact) mass is 672 g/mol. The maximum atomic E-state index is 2.36. The predicted octanol–water partition coefficient (Wildman–Crippen LogP) is 14.2. The summed E-state index contributed by atoms with van der Waals surface area (Å²) in [6.07, 6.45) is 8.66. The fraction of sp³-hybridized carbons (Fsp3) is 0.0800. The largest absolute Gasteiger partial charge is 0.310 e. The summed E-state index contributed by atoms with van der Waals surface area (Å²) in [5.74, 6) is 0. The van der Waals surface area contributed by atoms with Gasteiger partial charge in [-0.05, 0) is 122 Å². The normalized spacial score (nSPS) is 11.3. The molecule has 0 saturated heterocycles. The third kappa shape index (κ3) is 7.98. The fourth-order valence-electron chi connectivity index (χ4n) is 6.70. The standard InChI is InChI=1S/C50H44N2/c1-37-15-33-49(39(3)35-37)51(45-25-21-43(22-26-45)19-17-41-11-7-5-8-12-41)47-29-31-48(32-30-47)52(50-34-16-38(2)36-40(50)4)46-27-23-44(24-28-46)20-18-42-13-9-6-10-14-42/h5-36H,1-4H3/b19-17+,20-18+. The van der Waals surface area contributed by atoms with Gasteiger partial charge in [0, 0.05) is 34.1 Å². The molecule has 0 aliphatic rings. The van der Waals surface area contributed by atoms with E-state index in [1.807, 2.05) is 12.1 Å². The highest BCUT2D eigenvalue weighted by atomic mass is 15.2. The van der Waals surface area contributed by atoms with Gasteiger partial charge in [0.2, 0.25) is 0 Å². The first-order valence-electron chi connectivity index (χ1n) is 17.9. The van der Waals surface area contributed by atoms with Gasteiger partial charge in [0.25, 0.3) is 0 Å². The molecule has 52 heavy (non-hydrogen) atoms. The van der Waals surface area contributed by atoms with Crippen LogP contribution in [0.25, 0.3) is 24.3 Å². The highest BCUT2D eigenvalue weighted by Gasteiger charge is 2.18. The second-order valence-corrected chi connectivity index (χ2v) is 13.4. The summed E-state index contributed by atoms with van der Waals surface area (Å²) in [7, 11) is 0. The van der Waals surface area contributed by atoms with Crippen LogP contribution in [0.4, 0.5) is 34.1 Å². The lowest BCUT2D eigenvalue weighted by molar-refractivity contribution is 1.22. The Morgan fingerprint density at radius 1 is 0.308 bits per heavy atom. The van der Waals surface area contributed by atoms with Crippen LogP contribution in [-0.4, -0.2) is 0 Å². The molecule has 0 saturated carbocycles. The topological polar surface area (TPSA) is 6.48 Å². The van der Waals surface area contributed by atoms with Gasteiger partial charge in [-0.15, -0.1) is 0 Å². The molecule has 0 aliphatic heterocycles. The van der Waals surface area contributed by atoms with Gasteiger partial charge >= 0.3 is 0 Å². The van der Waals surface area contributed by atoms with Crippen molar-refractivity contribution < 1.29 is 0 Å². The van der Waals surface area contributed by atoms with E-state index in [1.54, 1.807) is 0 Å². The summed E-state index contributed by atoms with van der Waals surface area (Å²) >= 11 is 0. The third-order valence-electron chi connectivity index (χ3n) is 9.39. The highest BCUT2D eigenvalue weighted by molar-refractivity contribution is 5.84. The maximum Gasteiger partial charge on any atom is 0.0490 e. The second kappa shape index (κ2) is 15.7. The van der Waals surface area contributed by atoms with Crippen molar-refractivity contribution in [2.45, 2.75) is 27.7 Å². The van der Waals surface area contributed by atoms with Crippen LogP contribution in [0.3, 0.4) is 0 Å². The molecule has 0 N–H and O–H groups in total. The van der Waals surface area contributed by atoms with Crippen LogP contribution >= 0.6 is 0 Å². The smallest absolute Gasteiger partial charge is 0.0490 e. The molecular formula is C50H44N2. The molecular weight excluding hydrogens is 629 g/mol. The van der Waals surface area contributed by atoms with Crippen LogP contribution in [0.5, 0.6) is 0 Å².